The molecule has 0 aromatic rings. The van der Waals surface area contributed by atoms with Crippen LogP contribution in [0.3, 0.4) is 0 Å². The van der Waals surface area contributed by atoms with Crippen LogP contribution in [0, 0.1) is 0 Å². The Kier molecular flexibility index (Phi) is 2.87. The van der Waals surface area contributed by atoms with E-state index in [1.807, 2.05) is 4.90 Å². The van der Waals surface area contributed by atoms with Gasteiger partial charge in [0.2, 0.25) is 0 Å². The Balaban J connectivity index is 2.56. The number of ether oxygens (including phenoxy) is 1. The number of nitrogens with zero attached hydrogens (tertiary/aromatic N) is 1. The van der Waals surface area contributed by atoms with Crippen molar-refractivity contribution in [3.63, 3.8) is 0 Å². The summed E-state index contributed by atoms with van der Waals surface area (Å²) in [6, 6.07) is 0.359. The summed E-state index contributed by atoms with van der Waals surface area (Å²) < 4.78 is 5.22. The molecule has 1 aliphatic rings. The van der Waals surface area contributed by atoms with E-state index in [1.54, 1.807) is 7.11 Å². The Hall–Kier alpha value is -0.120. The molecule has 0 bridgehead atoms. The van der Waals surface area contributed by atoms with Gasteiger partial charge in [-0.2, -0.15) is 0 Å². The van der Waals surface area contributed by atoms with Gasteiger partial charge >= 0.3 is 0 Å². The van der Waals surface area contributed by atoms with Gasteiger partial charge in [0.15, 0.2) is 0 Å². The molecule has 1 N–H and O–H groups in total. The third-order valence-corrected chi connectivity index (χ3v) is 2.22. The molecule has 2 unspecified atom stereocenters. The molecule has 0 saturated carbocycles. The molecule has 0 aliphatic carbocycles. The fourth-order valence-corrected chi connectivity index (χ4v) is 1.70. The van der Waals surface area contributed by atoms with E-state index >= 15 is 0 Å². The summed E-state index contributed by atoms with van der Waals surface area (Å²) >= 11 is 0. The second kappa shape index (κ2) is 3.52. The maximum Gasteiger partial charge on any atom is 0.112 e. The third kappa shape index (κ3) is 1.72. The Labute approximate surface area is 68.0 Å². The molecule has 0 amide bonds. The van der Waals surface area contributed by atoms with E-state index in [1.165, 1.54) is 0 Å². The van der Waals surface area contributed by atoms with Crippen molar-refractivity contribution in [1.82, 2.24) is 4.90 Å². The van der Waals surface area contributed by atoms with Gasteiger partial charge in [-0.15, -0.1) is 0 Å². The molecule has 1 rings (SSSR count). The molecule has 0 aromatic heterocycles. The molecular weight excluding hydrogens is 142 g/mol. The highest BCUT2D eigenvalue weighted by Gasteiger charge is 2.33. The van der Waals surface area contributed by atoms with Crippen LogP contribution in [0.1, 0.15) is 26.7 Å². The topological polar surface area (TPSA) is 32.7 Å². The normalized spacial score (nSPS) is 33.5. The van der Waals surface area contributed by atoms with E-state index in [4.69, 9.17) is 4.74 Å². The highest BCUT2D eigenvalue weighted by molar-refractivity contribution is 4.78. The first-order valence-corrected chi connectivity index (χ1v) is 4.15. The lowest BCUT2D eigenvalue weighted by atomic mass is 10.3. The summed E-state index contributed by atoms with van der Waals surface area (Å²) in [4.78, 5) is 2.00. The van der Waals surface area contributed by atoms with Crippen LogP contribution in [-0.4, -0.2) is 35.6 Å². The summed E-state index contributed by atoms with van der Waals surface area (Å²) in [7, 11) is 1.69. The molecule has 1 saturated heterocycles. The van der Waals surface area contributed by atoms with Crippen LogP contribution in [0.25, 0.3) is 0 Å². The molecule has 3 heteroatoms. The van der Waals surface area contributed by atoms with Gasteiger partial charge in [0, 0.05) is 13.2 Å². The minimum absolute atomic E-state index is 0.116. The summed E-state index contributed by atoms with van der Waals surface area (Å²) in [5.41, 5.74) is 0. The van der Waals surface area contributed by atoms with Gasteiger partial charge in [0.1, 0.15) is 12.5 Å². The molecule has 0 spiro atoms. The predicted molar refractivity (Wildman–Crippen MR) is 43.0 cm³/mol. The van der Waals surface area contributed by atoms with Crippen molar-refractivity contribution < 1.29 is 9.84 Å². The molecule has 1 heterocycles. The second-order valence-electron chi connectivity index (χ2n) is 3.29. The lowest BCUT2D eigenvalue weighted by molar-refractivity contribution is -0.0895. The summed E-state index contributed by atoms with van der Waals surface area (Å²) in [6.07, 6.45) is 1.58. The molecule has 1 fully saturated rings. The monoisotopic (exact) mass is 159 g/mol. The van der Waals surface area contributed by atoms with Crippen molar-refractivity contribution in [2.75, 3.05) is 7.11 Å². The molecule has 0 aromatic carbocycles. The fraction of sp³-hybridized carbons (Fsp3) is 1.00. The zero-order valence-electron chi connectivity index (χ0n) is 7.45. The maximum absolute atomic E-state index is 9.51. The summed E-state index contributed by atoms with van der Waals surface area (Å²) in [5.74, 6) is 0. The van der Waals surface area contributed by atoms with Crippen molar-refractivity contribution in [3.05, 3.63) is 0 Å². The van der Waals surface area contributed by atoms with Crippen LogP contribution in [0.4, 0.5) is 0 Å². The standard InChI is InChI=1S/C8H17NO2/c1-6(2)9-7(10)4-5-8(9)11-3/h6-8,10H,4-5H2,1-3H3. The quantitative estimate of drug-likeness (QED) is 0.646. The van der Waals surface area contributed by atoms with E-state index in [2.05, 4.69) is 13.8 Å². The molecule has 66 valence electrons. The van der Waals surface area contributed by atoms with Gasteiger partial charge < -0.3 is 9.84 Å². The summed E-state index contributed by atoms with van der Waals surface area (Å²) in [5, 5.41) is 9.51. The van der Waals surface area contributed by atoms with Gasteiger partial charge in [-0.1, -0.05) is 0 Å². The SMILES string of the molecule is COC1CCC(O)N1C(C)C. The van der Waals surface area contributed by atoms with E-state index in [0.29, 0.717) is 6.04 Å². The first kappa shape index (κ1) is 8.97. The first-order chi connectivity index (χ1) is 5.16. The second-order valence-corrected chi connectivity index (χ2v) is 3.29. The van der Waals surface area contributed by atoms with Gasteiger partial charge in [-0.3, -0.25) is 4.90 Å². The number of methoxy groups -OCH3 is 1. The van der Waals surface area contributed by atoms with Crippen LogP contribution in [0.15, 0.2) is 0 Å². The minimum Gasteiger partial charge on any atom is -0.378 e. The van der Waals surface area contributed by atoms with Gasteiger partial charge in [-0.05, 0) is 26.7 Å². The minimum atomic E-state index is -0.306. The van der Waals surface area contributed by atoms with Crippen LogP contribution in [0.5, 0.6) is 0 Å². The molecule has 0 radical (unpaired) electrons. The number of hydrogen-bond acceptors (Lipinski definition) is 3. The zero-order chi connectivity index (χ0) is 8.43. The van der Waals surface area contributed by atoms with Crippen molar-refractivity contribution in [1.29, 1.82) is 0 Å². The number of aliphatic hydroxyl groups excluding tert-OH is 1. The van der Waals surface area contributed by atoms with E-state index in [0.717, 1.165) is 12.8 Å². The van der Waals surface area contributed by atoms with Crippen molar-refractivity contribution in [2.45, 2.75) is 45.2 Å². The zero-order valence-corrected chi connectivity index (χ0v) is 7.45. The highest BCUT2D eigenvalue weighted by Crippen LogP contribution is 2.24. The van der Waals surface area contributed by atoms with Crippen LogP contribution in [0.2, 0.25) is 0 Å². The highest BCUT2D eigenvalue weighted by atomic mass is 16.5. The smallest absolute Gasteiger partial charge is 0.112 e. The molecule has 2 atom stereocenters. The van der Waals surface area contributed by atoms with Crippen LogP contribution >= 0.6 is 0 Å². The average molecular weight is 159 g/mol. The van der Waals surface area contributed by atoms with E-state index in [-0.39, 0.29) is 12.5 Å². The third-order valence-electron chi connectivity index (χ3n) is 2.22. The average Bonchev–Trinajstić information content (AvgIpc) is 2.30. The van der Waals surface area contributed by atoms with Gasteiger partial charge in [0.25, 0.3) is 0 Å². The Bertz CT molecular complexity index is 127. The van der Waals surface area contributed by atoms with Crippen molar-refractivity contribution in [3.8, 4) is 0 Å². The lowest BCUT2D eigenvalue weighted by Gasteiger charge is -2.29. The maximum atomic E-state index is 9.51. The molecule has 3 nitrogen and oxygen atoms in total. The number of aliphatic hydroxyl groups is 1. The predicted octanol–water partition coefficient (Wildman–Crippen LogP) is 0.782. The molecule has 1 aliphatic heterocycles. The van der Waals surface area contributed by atoms with E-state index < -0.39 is 0 Å². The van der Waals surface area contributed by atoms with Gasteiger partial charge in [-0.25, -0.2) is 0 Å². The van der Waals surface area contributed by atoms with Gasteiger partial charge in [0.05, 0.1) is 0 Å². The number of hydrogen-bond donors (Lipinski definition) is 1. The summed E-state index contributed by atoms with van der Waals surface area (Å²) in [6.45, 7) is 4.14. The molecule has 11 heavy (non-hydrogen) atoms. The first-order valence-electron chi connectivity index (χ1n) is 4.15. The van der Waals surface area contributed by atoms with Crippen LogP contribution < -0.4 is 0 Å². The fourth-order valence-electron chi connectivity index (χ4n) is 1.70. The largest absolute Gasteiger partial charge is 0.378 e. The van der Waals surface area contributed by atoms with Crippen LogP contribution in [-0.2, 0) is 4.74 Å². The lowest BCUT2D eigenvalue weighted by Crippen LogP contribution is -2.41. The van der Waals surface area contributed by atoms with Crippen molar-refractivity contribution >= 4 is 0 Å². The number of rotatable bonds is 2. The van der Waals surface area contributed by atoms with E-state index in [9.17, 15) is 5.11 Å². The number of likely N-dealkylation sites (tertiary alicyclic amines) is 1. The Morgan fingerprint density at radius 2 is 2.09 bits per heavy atom. The Morgan fingerprint density at radius 1 is 1.45 bits per heavy atom. The molecular formula is C8H17NO2. The van der Waals surface area contributed by atoms with Crippen molar-refractivity contribution in [2.24, 2.45) is 0 Å². The Morgan fingerprint density at radius 3 is 2.45 bits per heavy atom.